The molecule has 0 bridgehead atoms. The van der Waals surface area contributed by atoms with E-state index >= 15 is 0 Å². The van der Waals surface area contributed by atoms with Crippen LogP contribution in [0.4, 0.5) is 4.79 Å². The molecule has 1 aliphatic carbocycles. The summed E-state index contributed by atoms with van der Waals surface area (Å²) in [7, 11) is 0. The van der Waals surface area contributed by atoms with E-state index in [-0.39, 0.29) is 18.1 Å². The van der Waals surface area contributed by atoms with E-state index in [9.17, 15) is 4.79 Å². The minimum atomic E-state index is 0.00178. The Labute approximate surface area is 158 Å². The van der Waals surface area contributed by atoms with E-state index < -0.39 is 0 Å². The van der Waals surface area contributed by atoms with E-state index in [0.29, 0.717) is 39.0 Å². The van der Waals surface area contributed by atoms with Crippen molar-refractivity contribution < 1.29 is 14.3 Å². The number of hydrogen-bond donors (Lipinski definition) is 1. The number of morpholine rings is 1. The smallest absolute Gasteiger partial charge is 0.320 e. The maximum atomic E-state index is 13.0. The van der Waals surface area contributed by atoms with E-state index in [1.807, 2.05) is 9.80 Å². The van der Waals surface area contributed by atoms with Crippen LogP contribution < -0.4 is 5.73 Å². The van der Waals surface area contributed by atoms with Gasteiger partial charge in [0.1, 0.15) is 0 Å². The van der Waals surface area contributed by atoms with Gasteiger partial charge in [-0.1, -0.05) is 13.8 Å². The van der Waals surface area contributed by atoms with Crippen molar-refractivity contribution in [3.63, 3.8) is 0 Å². The molecule has 2 N–H and O–H groups in total. The van der Waals surface area contributed by atoms with Crippen LogP contribution in [0.2, 0.25) is 0 Å². The number of carbonyl (C=O) groups excluding carboxylic acids is 1. The number of carbonyl (C=O) groups is 1. The van der Waals surface area contributed by atoms with Gasteiger partial charge in [-0.25, -0.2) is 4.79 Å². The quantitative estimate of drug-likeness (QED) is 0.829. The molecule has 2 amide bonds. The lowest BCUT2D eigenvalue weighted by Gasteiger charge is -2.43. The number of urea groups is 1. The second kappa shape index (κ2) is 9.38. The summed E-state index contributed by atoms with van der Waals surface area (Å²) in [6, 6.07) is 0.128. The molecule has 150 valence electrons. The Bertz CT molecular complexity index is 446. The highest BCUT2D eigenvalue weighted by Gasteiger charge is 2.36. The van der Waals surface area contributed by atoms with E-state index in [1.54, 1.807) is 0 Å². The number of ether oxygens (including phenoxy) is 2. The average molecular weight is 368 g/mol. The monoisotopic (exact) mass is 367 g/mol. The fourth-order valence-corrected chi connectivity index (χ4v) is 4.63. The summed E-state index contributed by atoms with van der Waals surface area (Å²) in [5.41, 5.74) is 6.40. The fraction of sp³-hybridized carbons (Fsp3) is 0.950. The second-order valence-electron chi connectivity index (χ2n) is 8.56. The highest BCUT2D eigenvalue weighted by molar-refractivity contribution is 5.75. The summed E-state index contributed by atoms with van der Waals surface area (Å²) in [6.45, 7) is 8.63. The number of nitrogens with zero attached hydrogens (tertiary/aromatic N) is 2. The Balaban J connectivity index is 1.52. The van der Waals surface area contributed by atoms with Crippen LogP contribution in [0.25, 0.3) is 0 Å². The first-order valence-electron chi connectivity index (χ1n) is 10.6. The normalized spacial score (nSPS) is 33.5. The van der Waals surface area contributed by atoms with Crippen LogP contribution in [-0.4, -0.2) is 73.5 Å². The summed E-state index contributed by atoms with van der Waals surface area (Å²) in [4.78, 5) is 16.8. The Morgan fingerprint density at radius 1 is 1.12 bits per heavy atom. The van der Waals surface area contributed by atoms with Gasteiger partial charge in [0.25, 0.3) is 0 Å². The average Bonchev–Trinajstić information content (AvgIpc) is 2.67. The molecule has 0 aromatic heterocycles. The van der Waals surface area contributed by atoms with E-state index in [2.05, 4.69) is 13.8 Å². The molecule has 0 radical (unpaired) electrons. The fourth-order valence-electron chi connectivity index (χ4n) is 4.63. The van der Waals surface area contributed by atoms with Gasteiger partial charge in [0.2, 0.25) is 0 Å². The third kappa shape index (κ3) is 4.90. The van der Waals surface area contributed by atoms with Crippen molar-refractivity contribution >= 4 is 6.03 Å². The number of likely N-dealkylation sites (tertiary alicyclic amines) is 1. The second-order valence-corrected chi connectivity index (χ2v) is 8.56. The summed E-state index contributed by atoms with van der Waals surface area (Å²) in [5, 5.41) is 0. The number of piperidine rings is 1. The SMILES string of the molecule is CC(C)C1CCC(OCC2C(N)CCCN2C(=O)N2CCOCC2)CC1. The lowest BCUT2D eigenvalue weighted by Crippen LogP contribution is -2.60. The molecule has 2 atom stereocenters. The zero-order chi connectivity index (χ0) is 18.5. The Morgan fingerprint density at radius 2 is 1.81 bits per heavy atom. The van der Waals surface area contributed by atoms with Gasteiger partial charge >= 0.3 is 6.03 Å². The Hall–Kier alpha value is -0.850. The molecule has 3 rings (SSSR count). The molecule has 2 aliphatic heterocycles. The zero-order valence-electron chi connectivity index (χ0n) is 16.6. The first-order valence-corrected chi connectivity index (χ1v) is 10.6. The number of nitrogens with two attached hydrogens (primary N) is 1. The van der Waals surface area contributed by atoms with Gasteiger partial charge in [0, 0.05) is 25.7 Å². The van der Waals surface area contributed by atoms with Crippen molar-refractivity contribution in [1.29, 1.82) is 0 Å². The molecule has 2 heterocycles. The van der Waals surface area contributed by atoms with Gasteiger partial charge in [0.05, 0.1) is 32.0 Å². The third-order valence-corrected chi connectivity index (χ3v) is 6.52. The highest BCUT2D eigenvalue weighted by atomic mass is 16.5. The number of rotatable bonds is 4. The van der Waals surface area contributed by atoms with Crippen molar-refractivity contribution in [1.82, 2.24) is 9.80 Å². The Morgan fingerprint density at radius 3 is 2.46 bits per heavy atom. The van der Waals surface area contributed by atoms with Crippen molar-refractivity contribution in [2.75, 3.05) is 39.5 Å². The van der Waals surface area contributed by atoms with Crippen molar-refractivity contribution in [2.45, 2.75) is 70.6 Å². The maximum absolute atomic E-state index is 13.0. The van der Waals surface area contributed by atoms with Crippen LogP contribution in [0.5, 0.6) is 0 Å². The first kappa shape index (κ1) is 19.9. The largest absolute Gasteiger partial charge is 0.378 e. The molecule has 1 saturated carbocycles. The molecule has 2 unspecified atom stereocenters. The topological polar surface area (TPSA) is 68.0 Å². The number of hydrogen-bond acceptors (Lipinski definition) is 4. The summed E-state index contributed by atoms with van der Waals surface area (Å²) in [5.74, 6) is 1.61. The minimum Gasteiger partial charge on any atom is -0.378 e. The van der Waals surface area contributed by atoms with E-state index in [0.717, 1.165) is 44.1 Å². The van der Waals surface area contributed by atoms with Gasteiger partial charge in [-0.15, -0.1) is 0 Å². The van der Waals surface area contributed by atoms with Crippen LogP contribution in [0.3, 0.4) is 0 Å². The molecule has 26 heavy (non-hydrogen) atoms. The van der Waals surface area contributed by atoms with Gasteiger partial charge in [-0.3, -0.25) is 0 Å². The minimum absolute atomic E-state index is 0.00178. The van der Waals surface area contributed by atoms with Crippen molar-refractivity contribution in [2.24, 2.45) is 17.6 Å². The first-order chi connectivity index (χ1) is 12.6. The number of amides is 2. The summed E-state index contributed by atoms with van der Waals surface area (Å²) < 4.78 is 11.6. The maximum Gasteiger partial charge on any atom is 0.320 e. The van der Waals surface area contributed by atoms with Gasteiger partial charge in [-0.2, -0.15) is 0 Å². The summed E-state index contributed by atoms with van der Waals surface area (Å²) in [6.07, 6.45) is 7.09. The predicted molar refractivity (Wildman–Crippen MR) is 102 cm³/mol. The van der Waals surface area contributed by atoms with Crippen LogP contribution in [0.1, 0.15) is 52.4 Å². The third-order valence-electron chi connectivity index (χ3n) is 6.52. The molecule has 3 aliphatic rings. The zero-order valence-corrected chi connectivity index (χ0v) is 16.6. The summed E-state index contributed by atoms with van der Waals surface area (Å²) >= 11 is 0. The predicted octanol–water partition coefficient (Wildman–Crippen LogP) is 2.46. The lowest BCUT2D eigenvalue weighted by atomic mass is 9.80. The molecule has 0 spiro atoms. The highest BCUT2D eigenvalue weighted by Crippen LogP contribution is 2.31. The molecular formula is C20H37N3O3. The van der Waals surface area contributed by atoms with E-state index in [4.69, 9.17) is 15.2 Å². The van der Waals surface area contributed by atoms with Crippen molar-refractivity contribution in [3.05, 3.63) is 0 Å². The van der Waals surface area contributed by atoms with Crippen molar-refractivity contribution in [3.8, 4) is 0 Å². The van der Waals surface area contributed by atoms with Crippen LogP contribution in [-0.2, 0) is 9.47 Å². The van der Waals surface area contributed by atoms with Crippen LogP contribution in [0, 0.1) is 11.8 Å². The van der Waals surface area contributed by atoms with Gasteiger partial charge in [0.15, 0.2) is 0 Å². The standard InChI is InChI=1S/C20H37N3O3/c1-15(2)16-5-7-17(8-6-16)26-14-19-18(21)4-3-9-23(19)20(24)22-10-12-25-13-11-22/h15-19H,3-14,21H2,1-2H3. The molecule has 6 heteroatoms. The molecule has 6 nitrogen and oxygen atoms in total. The van der Waals surface area contributed by atoms with Crippen LogP contribution in [0.15, 0.2) is 0 Å². The van der Waals surface area contributed by atoms with Gasteiger partial charge < -0.3 is 25.0 Å². The molecule has 2 saturated heterocycles. The molecule has 0 aromatic carbocycles. The van der Waals surface area contributed by atoms with Crippen LogP contribution >= 0.6 is 0 Å². The molecular weight excluding hydrogens is 330 g/mol. The Kier molecular flexibility index (Phi) is 7.18. The lowest BCUT2D eigenvalue weighted by molar-refractivity contribution is -0.0291. The van der Waals surface area contributed by atoms with Gasteiger partial charge in [-0.05, 0) is 50.4 Å². The molecule has 0 aromatic rings. The molecule has 3 fully saturated rings. The van der Waals surface area contributed by atoms with E-state index in [1.165, 1.54) is 12.8 Å².